The minimum atomic E-state index is -3.29. The van der Waals surface area contributed by atoms with Crippen molar-refractivity contribution in [3.8, 4) is 0 Å². The fraction of sp³-hybridized carbons (Fsp3) is 0.625. The first-order valence-corrected chi connectivity index (χ1v) is 9.35. The van der Waals surface area contributed by atoms with E-state index < -0.39 is 10.2 Å². The van der Waals surface area contributed by atoms with Crippen LogP contribution in [0.4, 0.5) is 0 Å². The Hall–Kier alpha value is -0.910. The highest BCUT2D eigenvalue weighted by molar-refractivity contribution is 7.87. The molecule has 1 spiro atoms. The van der Waals surface area contributed by atoms with Gasteiger partial charge in [-0.2, -0.15) is 17.4 Å². The number of rotatable bonds is 1. The lowest BCUT2D eigenvalue weighted by Gasteiger charge is -2.33. The van der Waals surface area contributed by atoms with E-state index in [4.69, 9.17) is 0 Å². The van der Waals surface area contributed by atoms with Crippen LogP contribution in [-0.4, -0.2) is 31.4 Å². The summed E-state index contributed by atoms with van der Waals surface area (Å²) in [6.07, 6.45) is 4.29. The Morgan fingerprint density at radius 3 is 2.24 bits per heavy atom. The average molecular weight is 306 g/mol. The summed E-state index contributed by atoms with van der Waals surface area (Å²) in [6, 6.07) is 8.62. The second kappa shape index (κ2) is 4.54. The van der Waals surface area contributed by atoms with Crippen LogP contribution in [0, 0.1) is 11.8 Å². The van der Waals surface area contributed by atoms with Gasteiger partial charge in [0.05, 0.1) is 5.54 Å². The number of fused-ring (bicyclic) bond motifs is 1. The van der Waals surface area contributed by atoms with Crippen LogP contribution in [-0.2, 0) is 23.1 Å². The van der Waals surface area contributed by atoms with E-state index in [9.17, 15) is 8.42 Å². The normalized spacial score (nSPS) is 37.6. The summed E-state index contributed by atoms with van der Waals surface area (Å²) in [5.74, 6) is 0.856. The molecule has 3 aliphatic rings. The number of likely N-dealkylation sites (N-methyl/N-ethyl adjacent to an activating group) is 1. The standard InChI is InChI=1S/C16H22N2O2S/c1-2-18-11-16(17-21(18,19)20)14-7-8-15(16)10-13-6-4-3-5-12(13)9-14/h3-6,14-15,17H,2,7-11H2,1H3. The van der Waals surface area contributed by atoms with Crippen molar-refractivity contribution >= 4 is 10.2 Å². The highest BCUT2D eigenvalue weighted by Gasteiger charge is 2.58. The molecule has 0 radical (unpaired) electrons. The maximum Gasteiger partial charge on any atom is 0.280 e. The number of benzene rings is 1. The van der Waals surface area contributed by atoms with Crippen LogP contribution >= 0.6 is 0 Å². The van der Waals surface area contributed by atoms with Gasteiger partial charge >= 0.3 is 0 Å². The first-order chi connectivity index (χ1) is 10.0. The fourth-order valence-electron chi connectivity index (χ4n) is 4.73. The molecule has 1 aromatic carbocycles. The topological polar surface area (TPSA) is 49.4 Å². The molecule has 21 heavy (non-hydrogen) atoms. The first-order valence-electron chi connectivity index (χ1n) is 7.91. The molecule has 2 atom stereocenters. The minimum absolute atomic E-state index is 0.242. The summed E-state index contributed by atoms with van der Waals surface area (Å²) in [6.45, 7) is 3.13. The Labute approximate surface area is 126 Å². The number of hydrogen-bond acceptors (Lipinski definition) is 2. The van der Waals surface area contributed by atoms with Gasteiger partial charge in [-0.15, -0.1) is 0 Å². The van der Waals surface area contributed by atoms with Crippen LogP contribution in [0.2, 0.25) is 0 Å². The largest absolute Gasteiger partial charge is 0.280 e. The van der Waals surface area contributed by atoms with Gasteiger partial charge in [0.25, 0.3) is 10.2 Å². The summed E-state index contributed by atoms with van der Waals surface area (Å²) < 4.78 is 29.5. The third-order valence-electron chi connectivity index (χ3n) is 5.82. The Morgan fingerprint density at radius 2 is 1.76 bits per heavy atom. The Kier molecular flexibility index (Phi) is 2.97. The lowest BCUT2D eigenvalue weighted by atomic mass is 9.79. The van der Waals surface area contributed by atoms with Gasteiger partial charge in [0, 0.05) is 13.1 Å². The fourth-order valence-corrected chi connectivity index (χ4v) is 6.46. The molecule has 1 N–H and O–H groups in total. The van der Waals surface area contributed by atoms with E-state index in [0.29, 0.717) is 24.9 Å². The lowest BCUT2D eigenvalue weighted by Crippen LogP contribution is -2.52. The van der Waals surface area contributed by atoms with Gasteiger partial charge in [-0.05, 0) is 48.6 Å². The summed E-state index contributed by atoms with van der Waals surface area (Å²) in [4.78, 5) is 0. The highest BCUT2D eigenvalue weighted by Crippen LogP contribution is 2.50. The van der Waals surface area contributed by atoms with Gasteiger partial charge in [-0.25, -0.2) is 0 Å². The van der Waals surface area contributed by atoms with Crippen LogP contribution < -0.4 is 4.72 Å². The van der Waals surface area contributed by atoms with Crippen LogP contribution in [0.25, 0.3) is 0 Å². The maximum absolute atomic E-state index is 12.4. The second-order valence-corrected chi connectivity index (χ2v) is 8.39. The summed E-state index contributed by atoms with van der Waals surface area (Å²) >= 11 is 0. The van der Waals surface area contributed by atoms with Crippen molar-refractivity contribution in [3.05, 3.63) is 35.4 Å². The van der Waals surface area contributed by atoms with Gasteiger partial charge in [0.15, 0.2) is 0 Å². The Bertz CT molecular complexity index is 638. The zero-order chi connectivity index (χ0) is 14.7. The van der Waals surface area contributed by atoms with Crippen molar-refractivity contribution in [2.24, 2.45) is 11.8 Å². The molecule has 0 aromatic heterocycles. The zero-order valence-electron chi connectivity index (χ0n) is 12.4. The Balaban J connectivity index is 1.77. The van der Waals surface area contributed by atoms with Crippen molar-refractivity contribution in [1.82, 2.24) is 9.03 Å². The van der Waals surface area contributed by atoms with Crippen molar-refractivity contribution in [1.29, 1.82) is 0 Å². The van der Waals surface area contributed by atoms with Gasteiger partial charge in [-0.3, -0.25) is 0 Å². The molecule has 4 nitrogen and oxygen atoms in total. The van der Waals surface area contributed by atoms with E-state index in [1.165, 1.54) is 11.1 Å². The first kappa shape index (κ1) is 13.7. The number of hydrogen-bond donors (Lipinski definition) is 1. The predicted molar refractivity (Wildman–Crippen MR) is 82.1 cm³/mol. The molecule has 1 aliphatic heterocycles. The van der Waals surface area contributed by atoms with Crippen molar-refractivity contribution < 1.29 is 8.42 Å². The quantitative estimate of drug-likeness (QED) is 0.859. The smallest absolute Gasteiger partial charge is 0.195 e. The molecule has 1 heterocycles. The SMILES string of the molecule is CCN1CC2(NS1(=O)=O)C1CCC2Cc2ccccc2C1. The summed E-state index contributed by atoms with van der Waals surface area (Å²) in [5.41, 5.74) is 2.59. The summed E-state index contributed by atoms with van der Waals surface area (Å²) in [5, 5.41) is 0. The van der Waals surface area contributed by atoms with Crippen LogP contribution in [0.15, 0.2) is 24.3 Å². The van der Waals surface area contributed by atoms with Crippen molar-refractivity contribution in [2.75, 3.05) is 13.1 Å². The van der Waals surface area contributed by atoms with Gasteiger partial charge in [0.1, 0.15) is 0 Å². The predicted octanol–water partition coefficient (Wildman–Crippen LogP) is 1.72. The molecule has 1 saturated heterocycles. The van der Waals surface area contributed by atoms with Crippen LogP contribution in [0.1, 0.15) is 30.9 Å². The molecule has 2 unspecified atom stereocenters. The van der Waals surface area contributed by atoms with Gasteiger partial charge in [-0.1, -0.05) is 31.2 Å². The van der Waals surface area contributed by atoms with Crippen molar-refractivity contribution in [3.63, 3.8) is 0 Å². The number of nitrogens with zero attached hydrogens (tertiary/aromatic N) is 1. The molecular formula is C16H22N2O2S. The summed E-state index contributed by atoms with van der Waals surface area (Å²) in [7, 11) is -3.29. The molecule has 1 aromatic rings. The number of nitrogens with one attached hydrogen (secondary N) is 1. The average Bonchev–Trinajstić information content (AvgIpc) is 2.84. The maximum atomic E-state index is 12.4. The van der Waals surface area contributed by atoms with Crippen molar-refractivity contribution in [2.45, 2.75) is 38.1 Å². The Morgan fingerprint density at radius 1 is 1.19 bits per heavy atom. The molecular weight excluding hydrogens is 284 g/mol. The molecule has 2 aliphatic carbocycles. The van der Waals surface area contributed by atoms with E-state index >= 15 is 0 Å². The third kappa shape index (κ3) is 1.91. The molecule has 0 amide bonds. The van der Waals surface area contributed by atoms with Gasteiger partial charge < -0.3 is 0 Å². The third-order valence-corrected chi connectivity index (χ3v) is 7.53. The van der Waals surface area contributed by atoms with Gasteiger partial charge in [0.2, 0.25) is 0 Å². The second-order valence-electron chi connectivity index (χ2n) is 6.72. The molecule has 4 rings (SSSR count). The molecule has 1 saturated carbocycles. The van der Waals surface area contributed by atoms with Crippen LogP contribution in [0.3, 0.4) is 0 Å². The molecule has 5 heteroatoms. The monoisotopic (exact) mass is 306 g/mol. The van der Waals surface area contributed by atoms with E-state index in [1.54, 1.807) is 4.31 Å². The highest BCUT2D eigenvalue weighted by atomic mass is 32.2. The van der Waals surface area contributed by atoms with E-state index in [0.717, 1.165) is 25.7 Å². The molecule has 2 fully saturated rings. The lowest BCUT2D eigenvalue weighted by molar-refractivity contribution is 0.215. The molecule has 114 valence electrons. The van der Waals surface area contributed by atoms with Crippen LogP contribution in [0.5, 0.6) is 0 Å². The minimum Gasteiger partial charge on any atom is -0.195 e. The van der Waals surface area contributed by atoms with E-state index in [-0.39, 0.29) is 5.54 Å². The van der Waals surface area contributed by atoms with E-state index in [1.807, 2.05) is 6.92 Å². The molecule has 2 bridgehead atoms. The zero-order valence-corrected chi connectivity index (χ0v) is 13.2. The van der Waals surface area contributed by atoms with E-state index in [2.05, 4.69) is 29.0 Å².